The standard InChI is InChI=1S/C14H15NO4/c16-12-4-3-10(14(18)8-12)2-1-9-5-11(15-19)7-13(17)6-9/h1-6,10,13-14,17-18H,7-8H2/b2-1+. The molecule has 0 radical (unpaired) electrons. The number of aliphatic hydroxyl groups is 2. The molecule has 19 heavy (non-hydrogen) atoms. The minimum absolute atomic E-state index is 0.0863. The first-order chi connectivity index (χ1) is 9.08. The van der Waals surface area contributed by atoms with Crippen LogP contribution in [-0.4, -0.2) is 28.2 Å². The lowest BCUT2D eigenvalue weighted by Gasteiger charge is -2.19. The first-order valence-corrected chi connectivity index (χ1v) is 6.09. The zero-order chi connectivity index (χ0) is 13.8. The Morgan fingerprint density at radius 2 is 2.11 bits per heavy atom. The molecule has 0 bridgehead atoms. The number of rotatable bonds is 3. The van der Waals surface area contributed by atoms with Crippen LogP contribution in [0.25, 0.3) is 0 Å². The van der Waals surface area contributed by atoms with Gasteiger partial charge < -0.3 is 10.2 Å². The Balaban J connectivity index is 2.10. The maximum atomic E-state index is 11.1. The number of nitrogens with zero attached hydrogens (tertiary/aromatic N) is 1. The number of hydrogen-bond donors (Lipinski definition) is 2. The van der Waals surface area contributed by atoms with Crippen LogP contribution in [0, 0.1) is 10.8 Å². The summed E-state index contributed by atoms with van der Waals surface area (Å²) in [5.74, 6) is -0.324. The Bertz CT molecular complexity index is 502. The van der Waals surface area contributed by atoms with Crippen molar-refractivity contribution >= 4 is 5.78 Å². The highest BCUT2D eigenvalue weighted by atomic mass is 16.3. The van der Waals surface area contributed by atoms with Gasteiger partial charge in [0.2, 0.25) is 0 Å². The molecule has 0 amide bonds. The average Bonchev–Trinajstić information content (AvgIpc) is 2.37. The van der Waals surface area contributed by atoms with Gasteiger partial charge >= 0.3 is 0 Å². The average molecular weight is 261 g/mol. The third-order valence-corrected chi connectivity index (χ3v) is 3.12. The third-order valence-electron chi connectivity index (χ3n) is 3.12. The first kappa shape index (κ1) is 13.6. The fourth-order valence-electron chi connectivity index (χ4n) is 2.13. The van der Waals surface area contributed by atoms with Crippen molar-refractivity contribution < 1.29 is 15.0 Å². The predicted octanol–water partition coefficient (Wildman–Crippen LogP) is 1.39. The van der Waals surface area contributed by atoms with E-state index in [4.69, 9.17) is 0 Å². The number of carbonyl (C=O) groups is 1. The van der Waals surface area contributed by atoms with Gasteiger partial charge in [-0.15, -0.1) is 4.91 Å². The highest BCUT2D eigenvalue weighted by Gasteiger charge is 2.21. The van der Waals surface area contributed by atoms with E-state index in [1.54, 1.807) is 30.4 Å². The van der Waals surface area contributed by atoms with Crippen molar-refractivity contribution in [1.82, 2.24) is 0 Å². The van der Waals surface area contributed by atoms with Crippen molar-refractivity contribution in [3.05, 3.63) is 52.6 Å². The quantitative estimate of drug-likeness (QED) is 0.751. The van der Waals surface area contributed by atoms with Gasteiger partial charge in [0.15, 0.2) is 5.78 Å². The van der Waals surface area contributed by atoms with Crippen molar-refractivity contribution in [2.75, 3.05) is 0 Å². The first-order valence-electron chi connectivity index (χ1n) is 6.09. The van der Waals surface area contributed by atoms with Crippen LogP contribution in [0.2, 0.25) is 0 Å². The molecule has 0 aliphatic heterocycles. The maximum Gasteiger partial charge on any atom is 0.158 e. The van der Waals surface area contributed by atoms with E-state index >= 15 is 0 Å². The Hall–Kier alpha value is -1.85. The van der Waals surface area contributed by atoms with Crippen LogP contribution in [0.1, 0.15) is 12.8 Å². The van der Waals surface area contributed by atoms with Crippen LogP contribution in [0.3, 0.4) is 0 Å². The number of aliphatic hydroxyl groups excluding tert-OH is 2. The summed E-state index contributed by atoms with van der Waals surface area (Å²) in [5.41, 5.74) is 0.968. The summed E-state index contributed by atoms with van der Waals surface area (Å²) in [7, 11) is 0. The van der Waals surface area contributed by atoms with Gasteiger partial charge in [-0.2, -0.15) is 0 Å². The summed E-state index contributed by atoms with van der Waals surface area (Å²) >= 11 is 0. The Morgan fingerprint density at radius 1 is 1.32 bits per heavy atom. The van der Waals surface area contributed by atoms with Gasteiger partial charge in [0.05, 0.1) is 17.9 Å². The van der Waals surface area contributed by atoms with E-state index < -0.39 is 12.2 Å². The fourth-order valence-corrected chi connectivity index (χ4v) is 2.13. The zero-order valence-corrected chi connectivity index (χ0v) is 10.3. The number of carbonyl (C=O) groups excluding carboxylic acids is 1. The maximum absolute atomic E-state index is 11.1. The topological polar surface area (TPSA) is 87.0 Å². The van der Waals surface area contributed by atoms with Gasteiger partial charge in [-0.25, -0.2) is 0 Å². The summed E-state index contributed by atoms with van der Waals surface area (Å²) in [6.07, 6.45) is 8.68. The van der Waals surface area contributed by atoms with Gasteiger partial charge in [0, 0.05) is 18.8 Å². The van der Waals surface area contributed by atoms with E-state index in [-0.39, 0.29) is 24.5 Å². The van der Waals surface area contributed by atoms with E-state index in [0.717, 1.165) is 0 Å². The van der Waals surface area contributed by atoms with Crippen molar-refractivity contribution in [2.24, 2.45) is 11.1 Å². The molecule has 0 saturated heterocycles. The van der Waals surface area contributed by atoms with Gasteiger partial charge in [-0.1, -0.05) is 18.2 Å². The van der Waals surface area contributed by atoms with Crippen LogP contribution >= 0.6 is 0 Å². The Labute approximate surface area is 110 Å². The minimum atomic E-state index is -0.726. The molecule has 5 heteroatoms. The van der Waals surface area contributed by atoms with Crippen molar-refractivity contribution in [3.8, 4) is 0 Å². The molecule has 3 atom stereocenters. The third kappa shape index (κ3) is 3.56. The molecule has 2 N–H and O–H groups in total. The van der Waals surface area contributed by atoms with Gasteiger partial charge in [-0.05, 0) is 29.0 Å². The summed E-state index contributed by atoms with van der Waals surface area (Å²) < 4.78 is 0. The lowest BCUT2D eigenvalue weighted by molar-refractivity contribution is -0.117. The monoisotopic (exact) mass is 261 g/mol. The summed E-state index contributed by atoms with van der Waals surface area (Å²) in [4.78, 5) is 21.6. The molecule has 2 aliphatic rings. The second-order valence-corrected chi connectivity index (χ2v) is 4.70. The normalized spacial score (nSPS) is 31.3. The number of nitroso groups, excluding NO2 is 1. The van der Waals surface area contributed by atoms with Gasteiger partial charge in [0.25, 0.3) is 0 Å². The van der Waals surface area contributed by atoms with E-state index in [0.29, 0.717) is 11.3 Å². The summed E-state index contributed by atoms with van der Waals surface area (Å²) in [6, 6.07) is 0. The van der Waals surface area contributed by atoms with Crippen LogP contribution in [-0.2, 0) is 4.79 Å². The molecule has 0 aromatic heterocycles. The molecular formula is C14H15NO4. The Morgan fingerprint density at radius 3 is 2.79 bits per heavy atom. The van der Waals surface area contributed by atoms with Crippen LogP contribution in [0.15, 0.2) is 52.9 Å². The molecule has 5 nitrogen and oxygen atoms in total. The molecular weight excluding hydrogens is 246 g/mol. The van der Waals surface area contributed by atoms with E-state index in [2.05, 4.69) is 5.18 Å². The van der Waals surface area contributed by atoms with Crippen molar-refractivity contribution in [3.63, 3.8) is 0 Å². The molecule has 100 valence electrons. The van der Waals surface area contributed by atoms with Crippen molar-refractivity contribution in [1.29, 1.82) is 0 Å². The molecule has 2 aliphatic carbocycles. The highest BCUT2D eigenvalue weighted by molar-refractivity contribution is 5.91. The number of ketones is 1. The Kier molecular flexibility index (Phi) is 4.19. The molecule has 0 aromatic rings. The lowest BCUT2D eigenvalue weighted by Crippen LogP contribution is -2.24. The second-order valence-electron chi connectivity index (χ2n) is 4.70. The van der Waals surface area contributed by atoms with E-state index in [9.17, 15) is 19.9 Å². The fraction of sp³-hybridized carbons (Fsp3) is 0.357. The number of hydrogen-bond acceptors (Lipinski definition) is 5. The minimum Gasteiger partial charge on any atom is -0.392 e. The summed E-state index contributed by atoms with van der Waals surface area (Å²) in [5, 5.41) is 22.1. The van der Waals surface area contributed by atoms with Crippen LogP contribution in [0.5, 0.6) is 0 Å². The molecule has 0 heterocycles. The van der Waals surface area contributed by atoms with Crippen LogP contribution in [0.4, 0.5) is 0 Å². The highest BCUT2D eigenvalue weighted by Crippen LogP contribution is 2.22. The molecule has 3 unspecified atom stereocenters. The van der Waals surface area contributed by atoms with Crippen molar-refractivity contribution in [2.45, 2.75) is 25.0 Å². The SMILES string of the molecule is O=NC1=CC(/C=C/C2C=CC(=O)CC2O)=CC(O)C1. The van der Waals surface area contributed by atoms with Crippen LogP contribution < -0.4 is 0 Å². The second kappa shape index (κ2) is 5.86. The number of allylic oxidation sites excluding steroid dienone is 4. The zero-order valence-electron chi connectivity index (χ0n) is 10.3. The predicted molar refractivity (Wildman–Crippen MR) is 70.0 cm³/mol. The van der Waals surface area contributed by atoms with Gasteiger partial charge in [0.1, 0.15) is 0 Å². The van der Waals surface area contributed by atoms with E-state index in [1.807, 2.05) is 0 Å². The largest absolute Gasteiger partial charge is 0.392 e. The smallest absolute Gasteiger partial charge is 0.158 e. The molecule has 0 saturated carbocycles. The molecule has 0 fully saturated rings. The molecule has 0 spiro atoms. The summed E-state index contributed by atoms with van der Waals surface area (Å²) in [6.45, 7) is 0. The molecule has 0 aromatic carbocycles. The van der Waals surface area contributed by atoms with E-state index in [1.165, 1.54) is 6.08 Å². The molecule has 2 rings (SSSR count). The van der Waals surface area contributed by atoms with Gasteiger partial charge in [-0.3, -0.25) is 4.79 Å². The lowest BCUT2D eigenvalue weighted by atomic mass is 9.90.